The van der Waals surface area contributed by atoms with Crippen LogP contribution >= 0.6 is 0 Å². The van der Waals surface area contributed by atoms with Gasteiger partial charge in [-0.3, -0.25) is 0 Å². The number of nitrogens with zero attached hydrogens (tertiary/aromatic N) is 1. The molecule has 2 aromatic carbocycles. The summed E-state index contributed by atoms with van der Waals surface area (Å²) in [6.07, 6.45) is 0.328. The predicted octanol–water partition coefficient (Wildman–Crippen LogP) is 3.70. The lowest BCUT2D eigenvalue weighted by molar-refractivity contribution is 1.26. The number of benzene rings is 2. The Morgan fingerprint density at radius 3 is 2.74 bits per heavy atom. The van der Waals surface area contributed by atoms with Gasteiger partial charge in [-0.2, -0.15) is 5.26 Å². The van der Waals surface area contributed by atoms with Crippen molar-refractivity contribution in [3.63, 3.8) is 0 Å². The molecule has 3 nitrogen and oxygen atoms in total. The van der Waals surface area contributed by atoms with Gasteiger partial charge in [-0.25, -0.2) is 0 Å². The van der Waals surface area contributed by atoms with Crippen molar-refractivity contribution in [2.24, 2.45) is 0 Å². The number of nitrogen functional groups attached to an aromatic ring is 1. The van der Waals surface area contributed by atoms with Gasteiger partial charge >= 0.3 is 0 Å². The quantitative estimate of drug-likeness (QED) is 0.818. The summed E-state index contributed by atoms with van der Waals surface area (Å²) in [4.78, 5) is 0. The third-order valence-electron chi connectivity index (χ3n) is 3.30. The topological polar surface area (TPSA) is 61.8 Å². The van der Waals surface area contributed by atoms with Crippen LogP contribution < -0.4 is 11.1 Å². The van der Waals surface area contributed by atoms with Crippen molar-refractivity contribution in [2.75, 3.05) is 11.1 Å². The van der Waals surface area contributed by atoms with E-state index in [0.29, 0.717) is 12.1 Å². The molecule has 96 valence electrons. The van der Waals surface area contributed by atoms with Gasteiger partial charge in [-0.15, -0.1) is 0 Å². The number of hydrogen-bond acceptors (Lipinski definition) is 3. The van der Waals surface area contributed by atoms with E-state index in [2.05, 4.69) is 31.3 Å². The average molecular weight is 251 g/mol. The molecule has 19 heavy (non-hydrogen) atoms. The van der Waals surface area contributed by atoms with Crippen molar-refractivity contribution in [3.05, 3.63) is 53.1 Å². The normalized spacial score (nSPS) is 9.95. The molecular weight excluding hydrogens is 234 g/mol. The number of anilines is 3. The van der Waals surface area contributed by atoms with Crippen molar-refractivity contribution in [2.45, 2.75) is 20.3 Å². The van der Waals surface area contributed by atoms with Gasteiger partial charge in [0.05, 0.1) is 12.5 Å². The third kappa shape index (κ3) is 2.86. The van der Waals surface area contributed by atoms with Crippen molar-refractivity contribution in [1.29, 1.82) is 5.26 Å². The molecule has 0 spiro atoms. The lowest BCUT2D eigenvalue weighted by atomic mass is 10.1. The third-order valence-corrected chi connectivity index (χ3v) is 3.30. The molecule has 0 unspecified atom stereocenters. The number of nitrogens with one attached hydrogen (secondary N) is 1. The first-order valence-electron chi connectivity index (χ1n) is 6.20. The molecule has 0 fully saturated rings. The smallest absolute Gasteiger partial charge is 0.0670 e. The lowest BCUT2D eigenvalue weighted by Crippen LogP contribution is -1.98. The summed E-state index contributed by atoms with van der Waals surface area (Å²) in [5.41, 5.74) is 11.9. The van der Waals surface area contributed by atoms with E-state index in [1.165, 1.54) is 11.1 Å². The van der Waals surface area contributed by atoms with Crippen molar-refractivity contribution >= 4 is 17.1 Å². The second kappa shape index (κ2) is 5.45. The molecule has 3 N–H and O–H groups in total. The molecule has 2 rings (SSSR count). The molecule has 0 amide bonds. The summed E-state index contributed by atoms with van der Waals surface area (Å²) < 4.78 is 0. The van der Waals surface area contributed by atoms with Crippen LogP contribution in [0.4, 0.5) is 17.1 Å². The zero-order chi connectivity index (χ0) is 13.8. The number of nitriles is 1. The largest absolute Gasteiger partial charge is 0.398 e. The Hall–Kier alpha value is -2.47. The standard InChI is InChI=1S/C16H17N3/c1-11-4-3-5-16(12(11)2)19-14-6-7-15(18)13(10-14)8-9-17/h3-7,10,19H,8,18H2,1-2H3. The van der Waals surface area contributed by atoms with Crippen LogP contribution in [0.15, 0.2) is 36.4 Å². The maximum Gasteiger partial charge on any atom is 0.0670 e. The predicted molar refractivity (Wildman–Crippen MR) is 79.4 cm³/mol. The van der Waals surface area contributed by atoms with Gasteiger partial charge in [0.25, 0.3) is 0 Å². The van der Waals surface area contributed by atoms with Crippen LogP contribution in [0, 0.1) is 25.2 Å². The van der Waals surface area contributed by atoms with Gasteiger partial charge < -0.3 is 11.1 Å². The minimum absolute atomic E-state index is 0.328. The summed E-state index contributed by atoms with van der Waals surface area (Å²) in [6.45, 7) is 4.18. The minimum Gasteiger partial charge on any atom is -0.398 e. The van der Waals surface area contributed by atoms with Crippen LogP contribution in [0.3, 0.4) is 0 Å². The molecule has 0 aliphatic rings. The van der Waals surface area contributed by atoms with Crippen molar-refractivity contribution in [1.82, 2.24) is 0 Å². The highest BCUT2D eigenvalue weighted by Crippen LogP contribution is 2.25. The fourth-order valence-corrected chi connectivity index (χ4v) is 1.96. The van der Waals surface area contributed by atoms with E-state index < -0.39 is 0 Å². The maximum absolute atomic E-state index is 8.78. The molecule has 2 aromatic rings. The van der Waals surface area contributed by atoms with E-state index in [1.807, 2.05) is 30.3 Å². The van der Waals surface area contributed by atoms with Gasteiger partial charge in [0.15, 0.2) is 0 Å². The molecule has 0 radical (unpaired) electrons. The van der Waals surface area contributed by atoms with Crippen molar-refractivity contribution in [3.8, 4) is 6.07 Å². The van der Waals surface area contributed by atoms with E-state index in [4.69, 9.17) is 11.0 Å². The van der Waals surface area contributed by atoms with E-state index in [0.717, 1.165) is 16.9 Å². The number of aryl methyl sites for hydroxylation is 1. The fraction of sp³-hybridized carbons (Fsp3) is 0.188. The monoisotopic (exact) mass is 251 g/mol. The van der Waals surface area contributed by atoms with Crippen LogP contribution in [0.1, 0.15) is 16.7 Å². The van der Waals surface area contributed by atoms with Crippen LogP contribution in [-0.4, -0.2) is 0 Å². The van der Waals surface area contributed by atoms with Gasteiger partial charge in [-0.05, 0) is 54.8 Å². The molecule has 0 aliphatic heterocycles. The number of rotatable bonds is 3. The second-order valence-corrected chi connectivity index (χ2v) is 4.62. The molecule has 0 aromatic heterocycles. The highest BCUT2D eigenvalue weighted by Gasteiger charge is 2.04. The van der Waals surface area contributed by atoms with Gasteiger partial charge in [0.1, 0.15) is 0 Å². The Labute approximate surface area is 113 Å². The molecule has 0 bridgehead atoms. The SMILES string of the molecule is Cc1cccc(Nc2ccc(N)c(CC#N)c2)c1C. The van der Waals surface area contributed by atoms with Crippen LogP contribution in [0.5, 0.6) is 0 Å². The summed E-state index contributed by atoms with van der Waals surface area (Å²) in [5.74, 6) is 0. The van der Waals surface area contributed by atoms with E-state index in [9.17, 15) is 0 Å². The Kier molecular flexibility index (Phi) is 3.72. The number of nitrogens with two attached hydrogens (primary N) is 1. The first kappa shape index (κ1) is 13.0. The Morgan fingerprint density at radius 2 is 2.00 bits per heavy atom. The minimum atomic E-state index is 0.328. The summed E-state index contributed by atoms with van der Waals surface area (Å²) in [5, 5.41) is 12.2. The Bertz CT molecular complexity index is 639. The maximum atomic E-state index is 8.78. The first-order chi connectivity index (χ1) is 9.11. The van der Waals surface area contributed by atoms with Crippen LogP contribution in [-0.2, 0) is 6.42 Å². The van der Waals surface area contributed by atoms with E-state index in [1.54, 1.807) is 0 Å². The average Bonchev–Trinajstić information content (AvgIpc) is 2.39. The second-order valence-electron chi connectivity index (χ2n) is 4.62. The number of hydrogen-bond donors (Lipinski definition) is 2. The highest BCUT2D eigenvalue weighted by atomic mass is 14.9. The molecule has 3 heteroatoms. The first-order valence-corrected chi connectivity index (χ1v) is 6.20. The van der Waals surface area contributed by atoms with E-state index >= 15 is 0 Å². The summed E-state index contributed by atoms with van der Waals surface area (Å²) in [7, 11) is 0. The summed E-state index contributed by atoms with van der Waals surface area (Å²) >= 11 is 0. The molecule has 0 aliphatic carbocycles. The zero-order valence-corrected chi connectivity index (χ0v) is 11.2. The van der Waals surface area contributed by atoms with Gasteiger partial charge in [0.2, 0.25) is 0 Å². The van der Waals surface area contributed by atoms with Crippen molar-refractivity contribution < 1.29 is 0 Å². The van der Waals surface area contributed by atoms with Crippen LogP contribution in [0.25, 0.3) is 0 Å². The lowest BCUT2D eigenvalue weighted by Gasteiger charge is -2.13. The van der Waals surface area contributed by atoms with Gasteiger partial charge in [0, 0.05) is 17.1 Å². The molecule has 0 saturated heterocycles. The zero-order valence-electron chi connectivity index (χ0n) is 11.2. The highest BCUT2D eigenvalue weighted by molar-refractivity contribution is 5.67. The van der Waals surface area contributed by atoms with Gasteiger partial charge in [-0.1, -0.05) is 12.1 Å². The molecule has 0 atom stereocenters. The van der Waals surface area contributed by atoms with E-state index in [-0.39, 0.29) is 0 Å². The fourth-order valence-electron chi connectivity index (χ4n) is 1.96. The Morgan fingerprint density at radius 1 is 1.21 bits per heavy atom. The molecule has 0 saturated carbocycles. The van der Waals surface area contributed by atoms with Crippen LogP contribution in [0.2, 0.25) is 0 Å². The molecular formula is C16H17N3. The Balaban J connectivity index is 2.31. The molecule has 0 heterocycles. The summed E-state index contributed by atoms with van der Waals surface area (Å²) in [6, 6.07) is 14.0.